The molecule has 0 bridgehead atoms. The summed E-state index contributed by atoms with van der Waals surface area (Å²) in [6.07, 6.45) is 1.61. The maximum absolute atomic E-state index is 12.5. The van der Waals surface area contributed by atoms with Crippen LogP contribution >= 0.6 is 0 Å². The second-order valence-corrected chi connectivity index (χ2v) is 5.87. The Morgan fingerprint density at radius 3 is 2.81 bits per heavy atom. The summed E-state index contributed by atoms with van der Waals surface area (Å²) in [5.74, 6) is 0.138. The van der Waals surface area contributed by atoms with Crippen LogP contribution in [0.4, 0.5) is 5.69 Å². The van der Waals surface area contributed by atoms with Gasteiger partial charge in [-0.1, -0.05) is 12.1 Å². The first-order valence-corrected chi connectivity index (χ1v) is 8.82. The van der Waals surface area contributed by atoms with E-state index in [4.69, 9.17) is 9.47 Å². The van der Waals surface area contributed by atoms with Gasteiger partial charge in [-0.25, -0.2) is 4.98 Å². The van der Waals surface area contributed by atoms with Gasteiger partial charge in [0.2, 0.25) is 5.88 Å². The lowest BCUT2D eigenvalue weighted by Crippen LogP contribution is -2.35. The Bertz CT molecular complexity index is 706. The topological polar surface area (TPSA) is 63.7 Å². The van der Waals surface area contributed by atoms with Gasteiger partial charge in [-0.15, -0.1) is 0 Å². The number of methoxy groups -OCH3 is 1. The lowest BCUT2D eigenvalue weighted by atomic mass is 10.2. The van der Waals surface area contributed by atoms with E-state index >= 15 is 0 Å². The zero-order valence-electron chi connectivity index (χ0n) is 15.7. The molecule has 0 saturated heterocycles. The molecule has 0 spiro atoms. The lowest BCUT2D eigenvalue weighted by molar-refractivity contribution is 0.0945. The predicted octanol–water partition coefficient (Wildman–Crippen LogP) is 2.67. The molecule has 0 aliphatic carbocycles. The number of nitrogens with zero attached hydrogens (tertiary/aromatic N) is 2. The van der Waals surface area contributed by atoms with Crippen LogP contribution in [-0.2, 0) is 4.74 Å². The molecule has 6 heteroatoms. The van der Waals surface area contributed by atoms with Crippen LogP contribution in [0.25, 0.3) is 0 Å². The number of anilines is 1. The molecule has 0 saturated carbocycles. The molecule has 1 amide bonds. The lowest BCUT2D eigenvalue weighted by Gasteiger charge is -2.23. The fraction of sp³-hybridized carbons (Fsp3) is 0.400. The molecule has 1 N–H and O–H groups in total. The molecule has 2 rings (SSSR count). The molecule has 1 aromatic carbocycles. The average Bonchev–Trinajstić information content (AvgIpc) is 2.65. The summed E-state index contributed by atoms with van der Waals surface area (Å²) < 4.78 is 10.5. The Kier molecular flexibility index (Phi) is 7.89. The number of ether oxygens (including phenoxy) is 2. The molecule has 0 unspecified atom stereocenters. The van der Waals surface area contributed by atoms with Crippen molar-refractivity contribution in [2.24, 2.45) is 0 Å². The van der Waals surface area contributed by atoms with E-state index in [1.165, 1.54) is 5.56 Å². The number of benzene rings is 1. The van der Waals surface area contributed by atoms with Crippen molar-refractivity contribution in [2.75, 3.05) is 44.9 Å². The van der Waals surface area contributed by atoms with Crippen LogP contribution in [0.3, 0.4) is 0 Å². The van der Waals surface area contributed by atoms with E-state index in [1.807, 2.05) is 6.07 Å². The van der Waals surface area contributed by atoms with E-state index < -0.39 is 0 Å². The van der Waals surface area contributed by atoms with Gasteiger partial charge >= 0.3 is 0 Å². The standard InChI is InChI=1S/C20H27N3O3/c1-4-23(17-8-5-7-16(2)15-17)12-11-21-19(24)18-9-6-10-22-20(18)26-14-13-25-3/h5-10,15H,4,11-14H2,1-3H3,(H,21,24). The first-order chi connectivity index (χ1) is 12.7. The van der Waals surface area contributed by atoms with Crippen LogP contribution in [0, 0.1) is 6.92 Å². The fourth-order valence-electron chi connectivity index (χ4n) is 2.59. The molecule has 1 aromatic heterocycles. The second kappa shape index (κ2) is 10.4. The highest BCUT2D eigenvalue weighted by Crippen LogP contribution is 2.16. The Morgan fingerprint density at radius 1 is 1.23 bits per heavy atom. The number of amides is 1. The number of hydrogen-bond acceptors (Lipinski definition) is 5. The van der Waals surface area contributed by atoms with E-state index in [9.17, 15) is 4.79 Å². The minimum atomic E-state index is -0.189. The number of carbonyl (C=O) groups is 1. The summed E-state index contributed by atoms with van der Waals surface area (Å²) in [4.78, 5) is 18.8. The van der Waals surface area contributed by atoms with Crippen LogP contribution in [0.2, 0.25) is 0 Å². The van der Waals surface area contributed by atoms with Crippen LogP contribution < -0.4 is 15.0 Å². The van der Waals surface area contributed by atoms with Gasteiger partial charge < -0.3 is 19.7 Å². The van der Waals surface area contributed by atoms with E-state index in [-0.39, 0.29) is 5.91 Å². The molecule has 0 aliphatic rings. The second-order valence-electron chi connectivity index (χ2n) is 5.87. The van der Waals surface area contributed by atoms with Gasteiger partial charge in [0, 0.05) is 38.6 Å². The third-order valence-corrected chi connectivity index (χ3v) is 3.96. The average molecular weight is 357 g/mol. The number of likely N-dealkylation sites (N-methyl/N-ethyl adjacent to an activating group) is 1. The molecular weight excluding hydrogens is 330 g/mol. The summed E-state index contributed by atoms with van der Waals surface area (Å²) in [7, 11) is 1.60. The SMILES string of the molecule is CCN(CCNC(=O)c1cccnc1OCCOC)c1cccc(C)c1. The number of hydrogen-bond donors (Lipinski definition) is 1. The summed E-state index contributed by atoms with van der Waals surface area (Å²) in [5, 5.41) is 2.95. The normalized spacial score (nSPS) is 10.4. The number of aromatic nitrogens is 1. The van der Waals surface area contributed by atoms with Gasteiger partial charge in [-0.05, 0) is 43.7 Å². The van der Waals surface area contributed by atoms with E-state index in [2.05, 4.69) is 47.2 Å². The third-order valence-electron chi connectivity index (χ3n) is 3.96. The Morgan fingerprint density at radius 2 is 2.08 bits per heavy atom. The number of pyridine rings is 1. The number of rotatable bonds is 10. The van der Waals surface area contributed by atoms with Crippen LogP contribution in [0.15, 0.2) is 42.6 Å². The molecule has 0 fully saturated rings. The van der Waals surface area contributed by atoms with Crippen molar-refractivity contribution in [3.63, 3.8) is 0 Å². The molecule has 0 radical (unpaired) electrons. The fourth-order valence-corrected chi connectivity index (χ4v) is 2.59. The van der Waals surface area contributed by atoms with Crippen molar-refractivity contribution >= 4 is 11.6 Å². The minimum Gasteiger partial charge on any atom is -0.475 e. The zero-order valence-corrected chi connectivity index (χ0v) is 15.7. The highest BCUT2D eigenvalue weighted by Gasteiger charge is 2.13. The highest BCUT2D eigenvalue weighted by atomic mass is 16.5. The molecule has 1 heterocycles. The van der Waals surface area contributed by atoms with Crippen molar-refractivity contribution in [1.82, 2.24) is 10.3 Å². The molecule has 26 heavy (non-hydrogen) atoms. The predicted molar refractivity (Wildman–Crippen MR) is 103 cm³/mol. The summed E-state index contributed by atoms with van der Waals surface area (Å²) in [6.45, 7) is 7.11. The van der Waals surface area contributed by atoms with E-state index in [0.29, 0.717) is 31.2 Å². The van der Waals surface area contributed by atoms with Gasteiger partial charge in [0.25, 0.3) is 5.91 Å². The van der Waals surface area contributed by atoms with Gasteiger partial charge in [0.05, 0.1) is 6.61 Å². The van der Waals surface area contributed by atoms with Crippen molar-refractivity contribution in [2.45, 2.75) is 13.8 Å². The van der Waals surface area contributed by atoms with Gasteiger partial charge in [-0.2, -0.15) is 0 Å². The molecule has 6 nitrogen and oxygen atoms in total. The van der Waals surface area contributed by atoms with Crippen molar-refractivity contribution in [3.05, 3.63) is 53.7 Å². The molecule has 0 aliphatic heterocycles. The third kappa shape index (κ3) is 5.74. The largest absolute Gasteiger partial charge is 0.475 e. The van der Waals surface area contributed by atoms with E-state index in [0.717, 1.165) is 18.8 Å². The molecular formula is C20H27N3O3. The van der Waals surface area contributed by atoms with Crippen LogP contribution in [-0.4, -0.2) is 50.8 Å². The smallest absolute Gasteiger partial charge is 0.256 e. The van der Waals surface area contributed by atoms with Gasteiger partial charge in [0.15, 0.2) is 0 Å². The Hall–Kier alpha value is -2.60. The first-order valence-electron chi connectivity index (χ1n) is 8.82. The Balaban J connectivity index is 1.92. The summed E-state index contributed by atoms with van der Waals surface area (Å²) >= 11 is 0. The minimum absolute atomic E-state index is 0.189. The summed E-state index contributed by atoms with van der Waals surface area (Å²) in [6, 6.07) is 11.8. The van der Waals surface area contributed by atoms with E-state index in [1.54, 1.807) is 25.4 Å². The number of nitrogens with one attached hydrogen (secondary N) is 1. The van der Waals surface area contributed by atoms with Crippen molar-refractivity contribution in [1.29, 1.82) is 0 Å². The highest BCUT2D eigenvalue weighted by molar-refractivity contribution is 5.96. The van der Waals surface area contributed by atoms with Crippen LogP contribution in [0.1, 0.15) is 22.8 Å². The van der Waals surface area contributed by atoms with Crippen molar-refractivity contribution < 1.29 is 14.3 Å². The summed E-state index contributed by atoms with van der Waals surface area (Å²) in [5.41, 5.74) is 2.81. The first kappa shape index (κ1) is 19.7. The number of aryl methyl sites for hydroxylation is 1. The molecule has 140 valence electrons. The maximum Gasteiger partial charge on any atom is 0.256 e. The maximum atomic E-state index is 12.5. The number of carbonyl (C=O) groups excluding carboxylic acids is 1. The van der Waals surface area contributed by atoms with Gasteiger partial charge in [-0.3, -0.25) is 4.79 Å². The molecule has 2 aromatic rings. The Labute approximate surface area is 155 Å². The zero-order chi connectivity index (χ0) is 18.8. The monoisotopic (exact) mass is 357 g/mol. The van der Waals surface area contributed by atoms with Gasteiger partial charge in [0.1, 0.15) is 12.2 Å². The quantitative estimate of drug-likeness (QED) is 0.663. The van der Waals surface area contributed by atoms with Crippen molar-refractivity contribution in [3.8, 4) is 5.88 Å². The van der Waals surface area contributed by atoms with Crippen LogP contribution in [0.5, 0.6) is 5.88 Å². The molecule has 0 atom stereocenters.